The van der Waals surface area contributed by atoms with Crippen LogP contribution in [0.15, 0.2) is 45.5 Å². The van der Waals surface area contributed by atoms with Crippen LogP contribution < -0.4 is 10.5 Å². The van der Waals surface area contributed by atoms with Crippen molar-refractivity contribution in [2.45, 2.75) is 34.7 Å². The van der Waals surface area contributed by atoms with Crippen LogP contribution in [-0.2, 0) is 10.0 Å². The van der Waals surface area contributed by atoms with Crippen LogP contribution in [0, 0.1) is 0 Å². The third-order valence-electron chi connectivity index (χ3n) is 3.19. The normalized spacial score (nSPS) is 11.3. The zero-order valence-corrected chi connectivity index (χ0v) is 15.1. The van der Waals surface area contributed by atoms with Gasteiger partial charge in [0.05, 0.1) is 21.0 Å². The van der Waals surface area contributed by atoms with Crippen molar-refractivity contribution < 1.29 is 18.3 Å². The summed E-state index contributed by atoms with van der Waals surface area (Å²) in [5.74, 6) is -1.24. The van der Waals surface area contributed by atoms with Crippen molar-refractivity contribution in [2.75, 3.05) is 11.9 Å². The average Bonchev–Trinajstić information content (AvgIpc) is 2.56. The van der Waals surface area contributed by atoms with E-state index in [9.17, 15) is 18.3 Å². The van der Waals surface area contributed by atoms with E-state index in [0.717, 1.165) is 30.7 Å². The van der Waals surface area contributed by atoms with Crippen LogP contribution in [0.4, 0.5) is 5.69 Å². The quantitative estimate of drug-likeness (QED) is 0.467. The first-order chi connectivity index (χ1) is 11.8. The lowest BCUT2D eigenvalue weighted by atomic mass is 10.2. The van der Waals surface area contributed by atoms with E-state index in [2.05, 4.69) is 15.3 Å². The zero-order valence-electron chi connectivity index (χ0n) is 13.5. The fraction of sp³-hybridized carbons (Fsp3) is 0.267. The van der Waals surface area contributed by atoms with Gasteiger partial charge in [-0.15, -0.1) is 0 Å². The predicted octanol–water partition coefficient (Wildman–Crippen LogP) is 2.19. The van der Waals surface area contributed by atoms with Gasteiger partial charge in [-0.2, -0.15) is 0 Å². The molecule has 1 aromatic heterocycles. The molecule has 0 unspecified atom stereocenters. The minimum atomic E-state index is -4.14. The number of nitrogens with one attached hydrogen (secondary N) is 1. The Balaban J connectivity index is 2.59. The van der Waals surface area contributed by atoms with Crippen LogP contribution in [-0.4, -0.2) is 36.0 Å². The van der Waals surface area contributed by atoms with Crippen molar-refractivity contribution in [1.82, 2.24) is 9.97 Å². The molecule has 134 valence electrons. The monoisotopic (exact) mass is 382 g/mol. The molecule has 0 atom stereocenters. The van der Waals surface area contributed by atoms with Gasteiger partial charge in [0.15, 0.2) is 5.16 Å². The standard InChI is InChI=1S/C15H18N4O4S2/c1-2-3-5-17-11-8-10(14(20)21)9-12(25(16,22)23)13(11)24-15-18-6-4-7-19-15/h4,6-9,17H,2-3,5H2,1H3,(H,20,21)(H2,16,22,23). The maximum absolute atomic E-state index is 12.0. The third-order valence-corrected chi connectivity index (χ3v) is 5.29. The van der Waals surface area contributed by atoms with Crippen LogP contribution in [0.5, 0.6) is 0 Å². The fourth-order valence-electron chi connectivity index (χ4n) is 2.00. The highest BCUT2D eigenvalue weighted by atomic mass is 32.2. The number of aromatic carboxylic acids is 1. The second kappa shape index (κ2) is 8.28. The van der Waals surface area contributed by atoms with Crippen molar-refractivity contribution in [2.24, 2.45) is 5.14 Å². The van der Waals surface area contributed by atoms with Gasteiger partial charge in [0, 0.05) is 18.9 Å². The topological polar surface area (TPSA) is 135 Å². The molecule has 0 spiro atoms. The van der Waals surface area contributed by atoms with Crippen molar-refractivity contribution >= 4 is 33.4 Å². The second-order valence-corrected chi connectivity index (χ2v) is 7.62. The van der Waals surface area contributed by atoms with E-state index in [1.807, 2.05) is 6.92 Å². The zero-order chi connectivity index (χ0) is 18.4. The first-order valence-corrected chi connectivity index (χ1v) is 9.82. The molecule has 0 aliphatic heterocycles. The molecule has 0 saturated heterocycles. The molecule has 2 rings (SSSR count). The van der Waals surface area contributed by atoms with Gasteiger partial charge in [0.25, 0.3) is 0 Å². The van der Waals surface area contributed by atoms with E-state index >= 15 is 0 Å². The number of benzene rings is 1. The Bertz CT molecular complexity index is 857. The Hall–Kier alpha value is -2.17. The summed E-state index contributed by atoms with van der Waals surface area (Å²) in [6, 6.07) is 4.07. The predicted molar refractivity (Wildman–Crippen MR) is 94.3 cm³/mol. The summed E-state index contributed by atoms with van der Waals surface area (Å²) in [5.41, 5.74) is 0.205. The number of anilines is 1. The number of carboxylic acid groups (broad SMARTS) is 1. The molecule has 0 fully saturated rings. The molecule has 0 saturated carbocycles. The lowest BCUT2D eigenvalue weighted by Gasteiger charge is -2.15. The van der Waals surface area contributed by atoms with E-state index in [1.165, 1.54) is 18.5 Å². The molecule has 10 heteroatoms. The highest BCUT2D eigenvalue weighted by Crippen LogP contribution is 2.37. The molecule has 0 aliphatic carbocycles. The number of rotatable bonds is 8. The number of aromatic nitrogens is 2. The number of unbranched alkanes of at least 4 members (excludes halogenated alkanes) is 1. The summed E-state index contributed by atoms with van der Waals surface area (Å²) in [4.78, 5) is 19.5. The van der Waals surface area contributed by atoms with E-state index in [0.29, 0.717) is 17.4 Å². The van der Waals surface area contributed by atoms with Crippen molar-refractivity contribution in [3.63, 3.8) is 0 Å². The molecule has 2 aromatic rings. The first kappa shape index (κ1) is 19.2. The molecule has 0 aliphatic rings. The van der Waals surface area contributed by atoms with Crippen molar-refractivity contribution in [3.05, 3.63) is 36.2 Å². The molecule has 25 heavy (non-hydrogen) atoms. The highest BCUT2D eigenvalue weighted by Gasteiger charge is 2.23. The largest absolute Gasteiger partial charge is 0.478 e. The number of hydrogen-bond acceptors (Lipinski definition) is 7. The summed E-state index contributed by atoms with van der Waals surface area (Å²) in [5, 5.41) is 18.0. The van der Waals surface area contributed by atoms with E-state index in [1.54, 1.807) is 6.07 Å². The Morgan fingerprint density at radius 3 is 2.56 bits per heavy atom. The van der Waals surface area contributed by atoms with Crippen molar-refractivity contribution in [3.8, 4) is 0 Å². The van der Waals surface area contributed by atoms with Crippen LogP contribution >= 0.6 is 11.8 Å². The number of hydrogen-bond donors (Lipinski definition) is 3. The highest BCUT2D eigenvalue weighted by molar-refractivity contribution is 8.00. The van der Waals surface area contributed by atoms with E-state index < -0.39 is 16.0 Å². The summed E-state index contributed by atoms with van der Waals surface area (Å²) >= 11 is 1.01. The number of nitrogens with zero attached hydrogens (tertiary/aromatic N) is 2. The van der Waals surface area contributed by atoms with Crippen LogP contribution in [0.1, 0.15) is 30.1 Å². The summed E-state index contributed by atoms with van der Waals surface area (Å²) < 4.78 is 24.0. The smallest absolute Gasteiger partial charge is 0.335 e. The van der Waals surface area contributed by atoms with Gasteiger partial charge in [0.2, 0.25) is 10.0 Å². The van der Waals surface area contributed by atoms with Gasteiger partial charge in [-0.1, -0.05) is 13.3 Å². The lowest BCUT2D eigenvalue weighted by molar-refractivity contribution is 0.0696. The van der Waals surface area contributed by atoms with Gasteiger partial charge < -0.3 is 10.4 Å². The fourth-order valence-corrected chi connectivity index (χ4v) is 3.95. The van der Waals surface area contributed by atoms with Gasteiger partial charge in [-0.25, -0.2) is 28.3 Å². The van der Waals surface area contributed by atoms with Gasteiger partial charge in [0.1, 0.15) is 0 Å². The Kier molecular flexibility index (Phi) is 6.34. The van der Waals surface area contributed by atoms with Crippen LogP contribution in [0.3, 0.4) is 0 Å². The second-order valence-electron chi connectivity index (χ2n) is 5.11. The molecule has 0 radical (unpaired) electrons. The maximum Gasteiger partial charge on any atom is 0.335 e. The molecule has 0 amide bonds. The molecule has 0 bridgehead atoms. The molecular formula is C15H18N4O4S2. The van der Waals surface area contributed by atoms with Crippen molar-refractivity contribution in [1.29, 1.82) is 0 Å². The summed E-state index contributed by atoms with van der Waals surface area (Å²) in [6.45, 7) is 2.57. The Morgan fingerprint density at radius 1 is 1.32 bits per heavy atom. The lowest BCUT2D eigenvalue weighted by Crippen LogP contribution is -2.16. The maximum atomic E-state index is 12.0. The third kappa shape index (κ3) is 5.15. The summed E-state index contributed by atoms with van der Waals surface area (Å²) in [6.07, 6.45) is 4.83. The molecule has 1 aromatic carbocycles. The number of nitrogens with two attached hydrogens (primary N) is 1. The number of carboxylic acids is 1. The molecule has 1 heterocycles. The molecule has 8 nitrogen and oxygen atoms in total. The Labute approximate surface area is 149 Å². The number of sulfonamides is 1. The first-order valence-electron chi connectivity index (χ1n) is 7.45. The van der Waals surface area contributed by atoms with E-state index in [4.69, 9.17) is 5.14 Å². The van der Waals surface area contributed by atoms with Gasteiger partial charge in [-0.05, 0) is 36.4 Å². The van der Waals surface area contributed by atoms with Gasteiger partial charge >= 0.3 is 5.97 Å². The molecular weight excluding hydrogens is 364 g/mol. The van der Waals surface area contributed by atoms with Crippen LogP contribution in [0.2, 0.25) is 0 Å². The molecule has 4 N–H and O–H groups in total. The summed E-state index contributed by atoms with van der Waals surface area (Å²) in [7, 11) is -4.14. The number of primary sulfonamides is 1. The Morgan fingerprint density at radius 2 is 2.00 bits per heavy atom. The van der Waals surface area contributed by atoms with E-state index in [-0.39, 0.29) is 15.4 Å². The SMILES string of the molecule is CCCCNc1cc(C(=O)O)cc(S(N)(=O)=O)c1Sc1ncccn1. The number of carbonyl (C=O) groups is 1. The van der Waals surface area contributed by atoms with Gasteiger partial charge in [-0.3, -0.25) is 0 Å². The average molecular weight is 382 g/mol. The minimum Gasteiger partial charge on any atom is -0.478 e. The van der Waals surface area contributed by atoms with Crippen LogP contribution in [0.25, 0.3) is 0 Å². The minimum absolute atomic E-state index is 0.165.